The summed E-state index contributed by atoms with van der Waals surface area (Å²) in [5, 5.41) is 8.96. The fraction of sp³-hybridized carbons (Fsp3) is 0.818. The quantitative estimate of drug-likeness (QED) is 0.786. The Morgan fingerprint density at radius 3 is 2.60 bits per heavy atom. The molecule has 0 aromatic heterocycles. The molecule has 0 aromatic rings. The molecule has 2 saturated carbocycles. The Morgan fingerprint density at radius 2 is 2.20 bits per heavy atom. The first kappa shape index (κ1) is 11.1. The third-order valence-electron chi connectivity index (χ3n) is 4.70. The van der Waals surface area contributed by atoms with Crippen LogP contribution in [0.3, 0.4) is 0 Å². The van der Waals surface area contributed by atoms with E-state index in [4.69, 9.17) is 5.11 Å². The van der Waals surface area contributed by atoms with Crippen molar-refractivity contribution in [3.05, 3.63) is 0 Å². The van der Waals surface area contributed by atoms with Crippen LogP contribution < -0.4 is 0 Å². The summed E-state index contributed by atoms with van der Waals surface area (Å²) in [5.74, 6) is -0.418. The molecule has 4 atom stereocenters. The Bertz CT molecular complexity index is 341. The molecule has 2 aliphatic rings. The van der Waals surface area contributed by atoms with Crippen LogP contribution in [0.1, 0.15) is 33.1 Å². The van der Waals surface area contributed by atoms with E-state index in [1.54, 1.807) is 0 Å². The molecule has 2 rings (SSSR count). The van der Waals surface area contributed by atoms with Crippen LogP contribution in [0.2, 0.25) is 0 Å². The first-order valence-electron chi connectivity index (χ1n) is 5.23. The molecule has 2 fully saturated rings. The van der Waals surface area contributed by atoms with Gasteiger partial charge in [0.2, 0.25) is 0 Å². The minimum atomic E-state index is -0.801. The number of rotatable bonds is 2. The number of fused-ring (bicyclic) bond motifs is 2. The summed E-state index contributed by atoms with van der Waals surface area (Å²) >= 11 is 3.42. The third-order valence-corrected chi connectivity index (χ3v) is 5.75. The second-order valence-corrected chi connectivity index (χ2v) is 6.22. The van der Waals surface area contributed by atoms with Crippen LogP contribution in [0.4, 0.5) is 0 Å². The fourth-order valence-corrected chi connectivity index (χ4v) is 4.81. The van der Waals surface area contributed by atoms with E-state index in [9.17, 15) is 9.59 Å². The molecule has 4 unspecified atom stereocenters. The number of ketones is 1. The fourth-order valence-electron chi connectivity index (χ4n) is 3.46. The summed E-state index contributed by atoms with van der Waals surface area (Å²) in [7, 11) is 0. The highest BCUT2D eigenvalue weighted by Crippen LogP contribution is 2.66. The minimum absolute atomic E-state index is 0.0992. The Labute approximate surface area is 97.4 Å². The van der Waals surface area contributed by atoms with Crippen molar-refractivity contribution in [2.45, 2.75) is 37.9 Å². The van der Waals surface area contributed by atoms with Crippen molar-refractivity contribution in [1.82, 2.24) is 0 Å². The van der Waals surface area contributed by atoms with E-state index in [1.165, 1.54) is 0 Å². The smallest absolute Gasteiger partial charge is 0.303 e. The molecular weight excluding hydrogens is 260 g/mol. The molecule has 1 N–H and O–H groups in total. The molecule has 0 radical (unpaired) electrons. The monoisotopic (exact) mass is 274 g/mol. The number of hydrogen-bond acceptors (Lipinski definition) is 2. The number of aliphatic carboxylic acids is 1. The van der Waals surface area contributed by atoms with Gasteiger partial charge in [0.25, 0.3) is 0 Å². The van der Waals surface area contributed by atoms with Gasteiger partial charge in [-0.15, -0.1) is 0 Å². The van der Waals surface area contributed by atoms with Crippen LogP contribution in [0.25, 0.3) is 0 Å². The van der Waals surface area contributed by atoms with Gasteiger partial charge >= 0.3 is 5.97 Å². The van der Waals surface area contributed by atoms with Gasteiger partial charge in [-0.3, -0.25) is 9.59 Å². The summed E-state index contributed by atoms with van der Waals surface area (Å²) < 4.78 is 0. The van der Waals surface area contributed by atoms with Gasteiger partial charge in [-0.05, 0) is 24.2 Å². The third kappa shape index (κ3) is 1.17. The molecule has 84 valence electrons. The summed E-state index contributed by atoms with van der Waals surface area (Å²) in [6, 6.07) is 0. The normalized spacial score (nSPS) is 48.6. The highest BCUT2D eigenvalue weighted by atomic mass is 79.9. The highest BCUT2D eigenvalue weighted by molar-refractivity contribution is 9.10. The number of halogens is 1. The van der Waals surface area contributed by atoms with Crippen LogP contribution in [0.15, 0.2) is 0 Å². The SMILES string of the molecule is CC12CCC(C(Br)C1=O)C2(C)CC(=O)O. The molecular formula is C11H15BrO3. The van der Waals surface area contributed by atoms with Gasteiger partial charge in [0.05, 0.1) is 11.2 Å². The maximum atomic E-state index is 12.0. The first-order valence-corrected chi connectivity index (χ1v) is 6.15. The topological polar surface area (TPSA) is 54.4 Å². The van der Waals surface area contributed by atoms with Crippen molar-refractivity contribution in [1.29, 1.82) is 0 Å². The maximum absolute atomic E-state index is 12.0. The number of alkyl halides is 1. The second kappa shape index (κ2) is 3.06. The van der Waals surface area contributed by atoms with Gasteiger partial charge < -0.3 is 5.11 Å². The Balaban J connectivity index is 2.42. The molecule has 0 amide bonds. The van der Waals surface area contributed by atoms with Crippen LogP contribution in [-0.2, 0) is 9.59 Å². The zero-order valence-electron chi connectivity index (χ0n) is 8.92. The van der Waals surface area contributed by atoms with Crippen molar-refractivity contribution < 1.29 is 14.7 Å². The predicted octanol–water partition coefficient (Wildman–Crippen LogP) is 2.23. The predicted molar refractivity (Wildman–Crippen MR) is 58.9 cm³/mol. The molecule has 15 heavy (non-hydrogen) atoms. The Hall–Kier alpha value is -0.380. The van der Waals surface area contributed by atoms with Gasteiger partial charge in [-0.2, -0.15) is 0 Å². The van der Waals surface area contributed by atoms with Crippen molar-refractivity contribution in [2.75, 3.05) is 0 Å². The number of carbonyl (C=O) groups is 2. The van der Waals surface area contributed by atoms with E-state index in [1.807, 2.05) is 13.8 Å². The molecule has 0 saturated heterocycles. The van der Waals surface area contributed by atoms with Crippen LogP contribution in [0, 0.1) is 16.7 Å². The zero-order chi connectivity index (χ0) is 11.4. The molecule has 0 heterocycles. The number of hydrogen-bond donors (Lipinski definition) is 1. The first-order chi connectivity index (χ1) is 6.83. The second-order valence-electron chi connectivity index (χ2n) is 5.23. The van der Waals surface area contributed by atoms with E-state index in [2.05, 4.69) is 15.9 Å². The van der Waals surface area contributed by atoms with Gasteiger partial charge in [-0.1, -0.05) is 29.8 Å². The van der Waals surface area contributed by atoms with Gasteiger partial charge in [0.15, 0.2) is 5.78 Å². The molecule has 0 aromatic carbocycles. The lowest BCUT2D eigenvalue weighted by Crippen LogP contribution is -2.37. The molecule has 2 bridgehead atoms. The highest BCUT2D eigenvalue weighted by Gasteiger charge is 2.68. The van der Waals surface area contributed by atoms with E-state index >= 15 is 0 Å². The molecule has 3 nitrogen and oxygen atoms in total. The van der Waals surface area contributed by atoms with E-state index in [0.717, 1.165) is 12.8 Å². The number of Topliss-reactive ketones (excluding diaryl/α,β-unsaturated/α-hetero) is 1. The zero-order valence-corrected chi connectivity index (χ0v) is 10.5. The molecule has 0 spiro atoms. The van der Waals surface area contributed by atoms with E-state index < -0.39 is 11.4 Å². The van der Waals surface area contributed by atoms with Crippen molar-refractivity contribution in [3.8, 4) is 0 Å². The van der Waals surface area contributed by atoms with Gasteiger partial charge in [0.1, 0.15) is 0 Å². The summed E-state index contributed by atoms with van der Waals surface area (Å²) in [6.07, 6.45) is 1.90. The minimum Gasteiger partial charge on any atom is -0.481 e. The summed E-state index contributed by atoms with van der Waals surface area (Å²) in [4.78, 5) is 22.8. The standard InChI is InChI=1S/C11H15BrO3/c1-10-4-3-6(8(12)9(10)15)11(10,2)5-7(13)14/h6,8H,3-5H2,1-2H3,(H,13,14). The Kier molecular flexibility index (Phi) is 2.27. The van der Waals surface area contributed by atoms with E-state index in [0.29, 0.717) is 0 Å². The maximum Gasteiger partial charge on any atom is 0.303 e. The Morgan fingerprint density at radius 1 is 1.60 bits per heavy atom. The molecule has 0 aliphatic heterocycles. The lowest BCUT2D eigenvalue weighted by Gasteiger charge is -2.34. The van der Waals surface area contributed by atoms with Crippen LogP contribution >= 0.6 is 15.9 Å². The lowest BCUT2D eigenvalue weighted by atomic mass is 9.67. The number of carbonyl (C=O) groups excluding carboxylic acids is 1. The number of carboxylic acids is 1. The molecule has 4 heteroatoms. The molecule has 2 aliphatic carbocycles. The van der Waals surface area contributed by atoms with Crippen molar-refractivity contribution in [3.63, 3.8) is 0 Å². The van der Waals surface area contributed by atoms with Crippen molar-refractivity contribution in [2.24, 2.45) is 16.7 Å². The summed E-state index contributed by atoms with van der Waals surface area (Å²) in [6.45, 7) is 3.89. The van der Waals surface area contributed by atoms with Crippen LogP contribution in [0.5, 0.6) is 0 Å². The van der Waals surface area contributed by atoms with E-state index in [-0.39, 0.29) is 28.4 Å². The average Bonchev–Trinajstić information content (AvgIpc) is 2.42. The summed E-state index contributed by atoms with van der Waals surface area (Å²) in [5.41, 5.74) is -0.811. The van der Waals surface area contributed by atoms with Gasteiger partial charge in [0, 0.05) is 5.41 Å². The largest absolute Gasteiger partial charge is 0.481 e. The number of carboxylic acid groups (broad SMARTS) is 1. The van der Waals surface area contributed by atoms with Gasteiger partial charge in [-0.25, -0.2) is 0 Å². The van der Waals surface area contributed by atoms with Crippen LogP contribution in [-0.4, -0.2) is 21.7 Å². The van der Waals surface area contributed by atoms with Crippen molar-refractivity contribution >= 4 is 27.7 Å². The average molecular weight is 275 g/mol. The lowest BCUT2D eigenvalue weighted by molar-refractivity contribution is -0.142.